The van der Waals surface area contributed by atoms with E-state index in [0.717, 1.165) is 10.8 Å². The Labute approximate surface area is 149 Å². The summed E-state index contributed by atoms with van der Waals surface area (Å²) in [6.07, 6.45) is 0. The average Bonchev–Trinajstić information content (AvgIpc) is 2.66. The number of halogens is 1. The molecule has 26 heavy (non-hydrogen) atoms. The van der Waals surface area contributed by atoms with E-state index in [2.05, 4.69) is 10.6 Å². The van der Waals surface area contributed by atoms with Crippen molar-refractivity contribution in [3.05, 3.63) is 72.5 Å². The summed E-state index contributed by atoms with van der Waals surface area (Å²) in [5.74, 6) is -0.625. The highest BCUT2D eigenvalue weighted by Crippen LogP contribution is 2.20. The first-order valence-electron chi connectivity index (χ1n) is 8.04. The fourth-order valence-electron chi connectivity index (χ4n) is 2.37. The van der Waals surface area contributed by atoms with Crippen molar-refractivity contribution < 1.29 is 18.7 Å². The summed E-state index contributed by atoms with van der Waals surface area (Å²) in [5, 5.41) is 7.13. The lowest BCUT2D eigenvalue weighted by Crippen LogP contribution is -2.35. The molecule has 3 rings (SSSR count). The molecule has 0 aliphatic heterocycles. The van der Waals surface area contributed by atoms with Crippen molar-refractivity contribution in [2.24, 2.45) is 0 Å². The van der Waals surface area contributed by atoms with Gasteiger partial charge in [-0.05, 0) is 47.2 Å². The highest BCUT2D eigenvalue weighted by molar-refractivity contribution is 5.94. The van der Waals surface area contributed by atoms with E-state index in [9.17, 15) is 14.0 Å². The van der Waals surface area contributed by atoms with Crippen LogP contribution in [0.25, 0.3) is 10.8 Å². The first kappa shape index (κ1) is 17.4. The third kappa shape index (κ3) is 4.80. The summed E-state index contributed by atoms with van der Waals surface area (Å²) < 4.78 is 18.3. The Morgan fingerprint density at radius 3 is 2.38 bits per heavy atom. The summed E-state index contributed by atoms with van der Waals surface area (Å²) in [6, 6.07) is 18.8. The summed E-state index contributed by atoms with van der Waals surface area (Å²) in [6.45, 7) is -0.389. The molecular formula is C20H17FN2O3. The predicted molar refractivity (Wildman–Crippen MR) is 97.5 cm³/mol. The van der Waals surface area contributed by atoms with Gasteiger partial charge >= 0.3 is 0 Å². The van der Waals surface area contributed by atoms with Gasteiger partial charge in [-0.15, -0.1) is 0 Å². The Morgan fingerprint density at radius 2 is 1.62 bits per heavy atom. The highest BCUT2D eigenvalue weighted by Gasteiger charge is 2.07. The van der Waals surface area contributed by atoms with Crippen molar-refractivity contribution in [3.8, 4) is 5.75 Å². The molecular weight excluding hydrogens is 335 g/mol. The number of hydrogen-bond acceptors (Lipinski definition) is 3. The number of benzene rings is 3. The minimum absolute atomic E-state index is 0.192. The molecule has 0 spiro atoms. The molecule has 5 nitrogen and oxygen atoms in total. The molecule has 0 heterocycles. The van der Waals surface area contributed by atoms with Gasteiger partial charge in [-0.3, -0.25) is 9.59 Å². The Hall–Kier alpha value is -3.41. The van der Waals surface area contributed by atoms with Gasteiger partial charge in [-0.25, -0.2) is 4.39 Å². The van der Waals surface area contributed by atoms with Crippen LogP contribution in [0.15, 0.2) is 66.7 Å². The second-order valence-electron chi connectivity index (χ2n) is 5.63. The van der Waals surface area contributed by atoms with Crippen molar-refractivity contribution in [1.82, 2.24) is 5.32 Å². The molecule has 0 aliphatic carbocycles. The number of amides is 2. The van der Waals surface area contributed by atoms with Crippen LogP contribution >= 0.6 is 0 Å². The molecule has 2 N–H and O–H groups in total. The lowest BCUT2D eigenvalue weighted by atomic mass is 10.1. The van der Waals surface area contributed by atoms with Gasteiger partial charge in [0.2, 0.25) is 5.91 Å². The van der Waals surface area contributed by atoms with Crippen molar-refractivity contribution in [2.45, 2.75) is 0 Å². The normalized spacial score (nSPS) is 10.3. The number of carbonyl (C=O) groups is 2. The topological polar surface area (TPSA) is 67.4 Å². The van der Waals surface area contributed by atoms with Crippen LogP contribution in [0.3, 0.4) is 0 Å². The number of nitrogens with one attached hydrogen (secondary N) is 2. The van der Waals surface area contributed by atoms with Crippen molar-refractivity contribution in [1.29, 1.82) is 0 Å². The number of fused-ring (bicyclic) bond motifs is 1. The lowest BCUT2D eigenvalue weighted by molar-refractivity contribution is -0.125. The van der Waals surface area contributed by atoms with E-state index in [-0.39, 0.29) is 19.0 Å². The quantitative estimate of drug-likeness (QED) is 0.716. The zero-order valence-electron chi connectivity index (χ0n) is 13.9. The van der Waals surface area contributed by atoms with E-state index in [1.54, 1.807) is 6.07 Å². The number of carbonyl (C=O) groups excluding carboxylic acids is 2. The van der Waals surface area contributed by atoms with E-state index in [1.807, 2.05) is 36.4 Å². The van der Waals surface area contributed by atoms with Gasteiger partial charge in [0.25, 0.3) is 5.91 Å². The van der Waals surface area contributed by atoms with Gasteiger partial charge < -0.3 is 15.4 Å². The van der Waals surface area contributed by atoms with Gasteiger partial charge in [0.05, 0.1) is 6.54 Å². The highest BCUT2D eigenvalue weighted by atomic mass is 19.1. The van der Waals surface area contributed by atoms with Crippen LogP contribution in [0.5, 0.6) is 5.75 Å². The fourth-order valence-corrected chi connectivity index (χ4v) is 2.37. The third-order valence-corrected chi connectivity index (χ3v) is 3.66. The molecule has 132 valence electrons. The Balaban J connectivity index is 1.44. The molecule has 6 heteroatoms. The first-order chi connectivity index (χ1) is 12.6. The molecule has 3 aromatic carbocycles. The minimum Gasteiger partial charge on any atom is -0.484 e. The molecule has 0 fully saturated rings. The maximum atomic E-state index is 12.8. The maximum Gasteiger partial charge on any atom is 0.258 e. The molecule has 0 radical (unpaired) electrons. The van der Waals surface area contributed by atoms with Crippen LogP contribution in [0, 0.1) is 5.82 Å². The standard InChI is InChI=1S/C20H17FN2O3/c21-16-6-8-17(9-7-16)23-19(24)12-22-20(25)13-26-18-10-5-14-3-1-2-4-15(14)11-18/h1-11H,12-13H2,(H,22,25)(H,23,24). The second kappa shape index (κ2) is 8.11. The molecule has 0 aromatic heterocycles. The lowest BCUT2D eigenvalue weighted by Gasteiger charge is -2.09. The zero-order valence-corrected chi connectivity index (χ0v) is 13.9. The van der Waals surface area contributed by atoms with Crippen LogP contribution in [0.1, 0.15) is 0 Å². The summed E-state index contributed by atoms with van der Waals surface area (Å²) >= 11 is 0. The monoisotopic (exact) mass is 352 g/mol. The van der Waals surface area contributed by atoms with E-state index in [4.69, 9.17) is 4.74 Å². The first-order valence-corrected chi connectivity index (χ1v) is 8.04. The predicted octanol–water partition coefficient (Wildman–Crippen LogP) is 3.11. The van der Waals surface area contributed by atoms with Crippen LogP contribution in [-0.4, -0.2) is 25.0 Å². The maximum absolute atomic E-state index is 12.8. The second-order valence-corrected chi connectivity index (χ2v) is 5.63. The van der Waals surface area contributed by atoms with Crippen molar-refractivity contribution in [3.63, 3.8) is 0 Å². The number of hydrogen-bond donors (Lipinski definition) is 2. The smallest absolute Gasteiger partial charge is 0.258 e. The van der Waals surface area contributed by atoms with Crippen LogP contribution in [0.4, 0.5) is 10.1 Å². The summed E-state index contributed by atoms with van der Waals surface area (Å²) in [5.41, 5.74) is 0.457. The molecule has 0 saturated heterocycles. The SMILES string of the molecule is O=C(COc1ccc2ccccc2c1)NCC(=O)Nc1ccc(F)cc1. The fraction of sp³-hybridized carbons (Fsp3) is 0.100. The number of ether oxygens (including phenoxy) is 1. The summed E-state index contributed by atoms with van der Waals surface area (Å²) in [4.78, 5) is 23.6. The van der Waals surface area contributed by atoms with Crippen LogP contribution in [-0.2, 0) is 9.59 Å². The largest absolute Gasteiger partial charge is 0.484 e. The third-order valence-electron chi connectivity index (χ3n) is 3.66. The molecule has 0 saturated carbocycles. The van der Waals surface area contributed by atoms with E-state index >= 15 is 0 Å². The number of anilines is 1. The zero-order chi connectivity index (χ0) is 18.4. The molecule has 0 atom stereocenters. The van der Waals surface area contributed by atoms with Crippen molar-refractivity contribution >= 4 is 28.3 Å². The Morgan fingerprint density at radius 1 is 0.885 bits per heavy atom. The van der Waals surface area contributed by atoms with Gasteiger partial charge in [0.1, 0.15) is 11.6 Å². The van der Waals surface area contributed by atoms with E-state index < -0.39 is 11.8 Å². The van der Waals surface area contributed by atoms with Gasteiger partial charge in [0, 0.05) is 5.69 Å². The Kier molecular flexibility index (Phi) is 5.43. The number of rotatable bonds is 6. The average molecular weight is 352 g/mol. The minimum atomic E-state index is -0.410. The van der Waals surface area contributed by atoms with Crippen molar-refractivity contribution in [2.75, 3.05) is 18.5 Å². The molecule has 0 bridgehead atoms. The molecule has 3 aromatic rings. The molecule has 2 amide bonds. The molecule has 0 aliphatic rings. The van der Waals surface area contributed by atoms with Gasteiger partial charge in [-0.1, -0.05) is 30.3 Å². The Bertz CT molecular complexity index is 926. The van der Waals surface area contributed by atoms with Crippen LogP contribution in [0.2, 0.25) is 0 Å². The van der Waals surface area contributed by atoms with E-state index in [1.165, 1.54) is 24.3 Å². The molecule has 0 unspecified atom stereocenters. The summed E-state index contributed by atoms with van der Waals surface area (Å²) in [7, 11) is 0. The van der Waals surface area contributed by atoms with Gasteiger partial charge in [0.15, 0.2) is 6.61 Å². The van der Waals surface area contributed by atoms with Crippen LogP contribution < -0.4 is 15.4 Å². The van der Waals surface area contributed by atoms with E-state index in [0.29, 0.717) is 11.4 Å². The van der Waals surface area contributed by atoms with Gasteiger partial charge in [-0.2, -0.15) is 0 Å².